The summed E-state index contributed by atoms with van der Waals surface area (Å²) in [7, 11) is 0. The zero-order valence-corrected chi connectivity index (χ0v) is 11.8. The van der Waals surface area contributed by atoms with Gasteiger partial charge in [0.2, 0.25) is 5.95 Å². The third-order valence-electron chi connectivity index (χ3n) is 2.89. The van der Waals surface area contributed by atoms with Crippen molar-refractivity contribution in [3.05, 3.63) is 22.2 Å². The molecule has 22 heavy (non-hydrogen) atoms. The van der Waals surface area contributed by atoms with Gasteiger partial charge in [0, 0.05) is 0 Å². The van der Waals surface area contributed by atoms with Crippen LogP contribution < -0.4 is 16.6 Å². The van der Waals surface area contributed by atoms with Gasteiger partial charge in [-0.05, 0) is 5.92 Å². The van der Waals surface area contributed by atoms with Gasteiger partial charge in [-0.2, -0.15) is 4.98 Å². The van der Waals surface area contributed by atoms with Crippen LogP contribution in [0.15, 0.2) is 11.0 Å². The predicted octanol–water partition coefficient (Wildman–Crippen LogP) is -0.866. The van der Waals surface area contributed by atoms with Gasteiger partial charge in [-0.3, -0.25) is 14.6 Å². The van der Waals surface area contributed by atoms with Crippen LogP contribution in [0.5, 0.6) is 0 Å². The number of H-pyrrole nitrogens is 1. The smallest absolute Gasteiger partial charge is 0.326 e. The van der Waals surface area contributed by atoms with Crippen molar-refractivity contribution in [2.24, 2.45) is 5.92 Å². The SMILES string of the molecule is CC(C)[C@H](NC(=O)c1cnc2c(=O)[nH]c(N)nc2n1)C(=O)O. The molecule has 2 aromatic heterocycles. The molecule has 0 fully saturated rings. The first-order valence-corrected chi connectivity index (χ1v) is 6.35. The lowest BCUT2D eigenvalue weighted by molar-refractivity contribution is -0.140. The number of carbonyl (C=O) groups excluding carboxylic acids is 1. The molecule has 2 heterocycles. The topological polar surface area (TPSA) is 164 Å². The lowest BCUT2D eigenvalue weighted by Crippen LogP contribution is -2.44. The number of amides is 1. The van der Waals surface area contributed by atoms with Gasteiger partial charge >= 0.3 is 5.97 Å². The number of hydrogen-bond donors (Lipinski definition) is 4. The van der Waals surface area contributed by atoms with Gasteiger partial charge in [-0.25, -0.2) is 14.8 Å². The number of anilines is 1. The molecule has 0 unspecified atom stereocenters. The first-order valence-electron chi connectivity index (χ1n) is 6.35. The molecule has 10 heteroatoms. The van der Waals surface area contributed by atoms with Crippen molar-refractivity contribution in [2.75, 3.05) is 5.73 Å². The molecule has 0 radical (unpaired) electrons. The minimum atomic E-state index is -1.16. The fraction of sp³-hybridized carbons (Fsp3) is 0.333. The molecule has 5 N–H and O–H groups in total. The Morgan fingerprint density at radius 3 is 2.64 bits per heavy atom. The second-order valence-corrected chi connectivity index (χ2v) is 4.91. The van der Waals surface area contributed by atoms with E-state index in [1.165, 1.54) is 0 Å². The normalized spacial score (nSPS) is 12.3. The van der Waals surface area contributed by atoms with Crippen molar-refractivity contribution in [3.63, 3.8) is 0 Å². The van der Waals surface area contributed by atoms with E-state index in [9.17, 15) is 14.4 Å². The summed E-state index contributed by atoms with van der Waals surface area (Å²) in [5.41, 5.74) is 4.51. The van der Waals surface area contributed by atoms with Gasteiger partial charge in [0.05, 0.1) is 6.20 Å². The van der Waals surface area contributed by atoms with Crippen LogP contribution in [0.3, 0.4) is 0 Å². The van der Waals surface area contributed by atoms with Crippen molar-refractivity contribution in [2.45, 2.75) is 19.9 Å². The monoisotopic (exact) mass is 306 g/mol. The molecule has 0 bridgehead atoms. The number of rotatable bonds is 4. The molecule has 0 aromatic carbocycles. The summed E-state index contributed by atoms with van der Waals surface area (Å²) >= 11 is 0. The predicted molar refractivity (Wildman–Crippen MR) is 76.1 cm³/mol. The molecule has 0 aliphatic carbocycles. The van der Waals surface area contributed by atoms with Gasteiger partial charge in [0.1, 0.15) is 11.7 Å². The van der Waals surface area contributed by atoms with Crippen LogP contribution in [0.1, 0.15) is 24.3 Å². The third-order valence-corrected chi connectivity index (χ3v) is 2.89. The number of nitrogens with one attached hydrogen (secondary N) is 2. The summed E-state index contributed by atoms with van der Waals surface area (Å²) < 4.78 is 0. The zero-order valence-electron chi connectivity index (χ0n) is 11.8. The van der Waals surface area contributed by atoms with Crippen molar-refractivity contribution >= 4 is 29.0 Å². The van der Waals surface area contributed by atoms with Crippen LogP contribution in [0.4, 0.5) is 5.95 Å². The Balaban J connectivity index is 2.36. The van der Waals surface area contributed by atoms with Crippen LogP contribution in [0.2, 0.25) is 0 Å². The summed E-state index contributed by atoms with van der Waals surface area (Å²) in [5.74, 6) is -2.35. The maximum atomic E-state index is 12.1. The van der Waals surface area contributed by atoms with Crippen molar-refractivity contribution in [3.8, 4) is 0 Å². The highest BCUT2D eigenvalue weighted by Crippen LogP contribution is 2.06. The lowest BCUT2D eigenvalue weighted by Gasteiger charge is -2.17. The molecule has 1 atom stereocenters. The Labute approximate surface area is 123 Å². The first-order chi connectivity index (χ1) is 10.3. The minimum Gasteiger partial charge on any atom is -0.480 e. The second kappa shape index (κ2) is 5.76. The van der Waals surface area contributed by atoms with E-state index in [1.54, 1.807) is 13.8 Å². The summed E-state index contributed by atoms with van der Waals surface area (Å²) in [4.78, 5) is 48.5. The summed E-state index contributed by atoms with van der Waals surface area (Å²) in [6.45, 7) is 3.32. The molecule has 10 nitrogen and oxygen atoms in total. The number of aliphatic carboxylic acids is 1. The molecule has 116 valence electrons. The average molecular weight is 306 g/mol. The first kappa shape index (κ1) is 15.4. The van der Waals surface area contributed by atoms with E-state index in [0.717, 1.165) is 6.20 Å². The number of aromatic amines is 1. The summed E-state index contributed by atoms with van der Waals surface area (Å²) in [6.07, 6.45) is 1.07. The van der Waals surface area contributed by atoms with E-state index in [0.29, 0.717) is 0 Å². The summed E-state index contributed by atoms with van der Waals surface area (Å²) in [6, 6.07) is -1.07. The molecule has 0 spiro atoms. The van der Waals surface area contributed by atoms with Crippen molar-refractivity contribution < 1.29 is 14.7 Å². The standard InChI is InChI=1S/C12H14N6O4/c1-4(2)6(11(21)22)16-9(19)5-3-14-7-8(15-5)17-12(13)18-10(7)20/h3-4,6H,1-2H3,(H,16,19)(H,21,22)(H3,13,15,17,18,20)/t6-/m0/s1. The number of nitrogens with zero attached hydrogens (tertiary/aromatic N) is 3. The highest BCUT2D eigenvalue weighted by atomic mass is 16.4. The number of aromatic nitrogens is 4. The Hall–Kier alpha value is -3.04. The van der Waals surface area contributed by atoms with Crippen LogP contribution in [-0.2, 0) is 4.79 Å². The minimum absolute atomic E-state index is 0.0654. The Morgan fingerprint density at radius 1 is 1.36 bits per heavy atom. The van der Waals surface area contributed by atoms with Gasteiger partial charge in [-0.1, -0.05) is 13.8 Å². The van der Waals surface area contributed by atoms with Crippen LogP contribution in [0.25, 0.3) is 11.2 Å². The van der Waals surface area contributed by atoms with E-state index < -0.39 is 23.5 Å². The molecular formula is C12H14N6O4. The fourth-order valence-electron chi connectivity index (χ4n) is 1.77. The quantitative estimate of drug-likeness (QED) is 0.566. The highest BCUT2D eigenvalue weighted by Gasteiger charge is 2.24. The van der Waals surface area contributed by atoms with Gasteiger partial charge in [0.25, 0.3) is 11.5 Å². The second-order valence-electron chi connectivity index (χ2n) is 4.91. The van der Waals surface area contributed by atoms with Gasteiger partial charge in [-0.15, -0.1) is 0 Å². The molecule has 2 rings (SSSR count). The molecule has 0 aliphatic rings. The average Bonchev–Trinajstić information content (AvgIpc) is 2.42. The number of nitrogens with two attached hydrogens (primary N) is 1. The number of carboxylic acids is 1. The summed E-state index contributed by atoms with van der Waals surface area (Å²) in [5, 5.41) is 11.4. The van der Waals surface area contributed by atoms with E-state index in [1.807, 2.05) is 0 Å². The maximum Gasteiger partial charge on any atom is 0.326 e. The van der Waals surface area contributed by atoms with Gasteiger partial charge in [0.15, 0.2) is 11.2 Å². The van der Waals surface area contributed by atoms with E-state index in [2.05, 4.69) is 25.3 Å². The lowest BCUT2D eigenvalue weighted by atomic mass is 10.0. The maximum absolute atomic E-state index is 12.1. The zero-order chi connectivity index (χ0) is 16.4. The van der Waals surface area contributed by atoms with E-state index in [-0.39, 0.29) is 28.7 Å². The number of fused-ring (bicyclic) bond motifs is 1. The highest BCUT2D eigenvalue weighted by molar-refractivity contribution is 5.95. The number of hydrogen-bond acceptors (Lipinski definition) is 7. The molecule has 1 amide bonds. The molecule has 0 saturated carbocycles. The van der Waals surface area contributed by atoms with Crippen molar-refractivity contribution in [1.29, 1.82) is 0 Å². The molecular weight excluding hydrogens is 292 g/mol. The number of carbonyl (C=O) groups is 2. The van der Waals surface area contributed by atoms with Crippen LogP contribution in [0, 0.1) is 5.92 Å². The largest absolute Gasteiger partial charge is 0.480 e. The molecule has 2 aromatic rings. The van der Waals surface area contributed by atoms with Crippen LogP contribution >= 0.6 is 0 Å². The molecule has 0 aliphatic heterocycles. The Kier molecular flexibility index (Phi) is 4.02. The van der Waals surface area contributed by atoms with Crippen molar-refractivity contribution in [1.82, 2.24) is 25.3 Å². The Bertz CT molecular complexity index is 800. The third kappa shape index (κ3) is 3.00. The van der Waals surface area contributed by atoms with E-state index >= 15 is 0 Å². The molecule has 0 saturated heterocycles. The number of carboxylic acid groups (broad SMARTS) is 1. The van der Waals surface area contributed by atoms with Crippen LogP contribution in [-0.4, -0.2) is 43.0 Å². The van der Waals surface area contributed by atoms with E-state index in [4.69, 9.17) is 10.8 Å². The fourth-order valence-corrected chi connectivity index (χ4v) is 1.77. The number of nitrogen functional groups attached to an aromatic ring is 1. The van der Waals surface area contributed by atoms with Gasteiger partial charge < -0.3 is 16.2 Å². The Morgan fingerprint density at radius 2 is 2.05 bits per heavy atom.